The molecule has 3 atom stereocenters. The Bertz CT molecular complexity index is 881. The minimum absolute atomic E-state index is 0.0586. The SMILES string of the molecule is C=CC[C@@]12CCCC[C@]1(C)C(c1ccco1)=C(CC)[C@H](CC)N2Cc1ccccc1. The molecule has 0 N–H and O–H groups in total. The van der Waals surface area contributed by atoms with Crippen LogP contribution in [0.3, 0.4) is 0 Å². The number of furan rings is 1. The highest BCUT2D eigenvalue weighted by molar-refractivity contribution is 5.74. The molecule has 0 bridgehead atoms. The molecule has 2 nitrogen and oxygen atoms in total. The zero-order chi connectivity index (χ0) is 21.2. The van der Waals surface area contributed by atoms with Gasteiger partial charge in [-0.25, -0.2) is 0 Å². The highest BCUT2D eigenvalue weighted by Gasteiger charge is 2.59. The number of hydrogen-bond acceptors (Lipinski definition) is 2. The van der Waals surface area contributed by atoms with Crippen LogP contribution in [0.5, 0.6) is 0 Å². The fourth-order valence-electron chi connectivity index (χ4n) is 6.69. The van der Waals surface area contributed by atoms with Crippen LogP contribution in [0.2, 0.25) is 0 Å². The molecule has 0 radical (unpaired) electrons. The molecule has 0 amide bonds. The molecule has 160 valence electrons. The van der Waals surface area contributed by atoms with Gasteiger partial charge in [-0.3, -0.25) is 4.90 Å². The minimum atomic E-state index is 0.0586. The molecule has 0 saturated heterocycles. The summed E-state index contributed by atoms with van der Waals surface area (Å²) in [7, 11) is 0. The summed E-state index contributed by atoms with van der Waals surface area (Å²) in [5.41, 5.74) is 4.61. The van der Waals surface area contributed by atoms with Crippen LogP contribution in [0.1, 0.15) is 77.0 Å². The Balaban J connectivity index is 1.96. The Morgan fingerprint density at radius 3 is 2.50 bits per heavy atom. The predicted octanol–water partition coefficient (Wildman–Crippen LogP) is 7.63. The lowest BCUT2D eigenvalue weighted by Crippen LogP contribution is -2.66. The molecule has 1 saturated carbocycles. The predicted molar refractivity (Wildman–Crippen MR) is 126 cm³/mol. The van der Waals surface area contributed by atoms with Gasteiger partial charge < -0.3 is 4.42 Å². The zero-order valence-corrected chi connectivity index (χ0v) is 19.0. The summed E-state index contributed by atoms with van der Waals surface area (Å²) < 4.78 is 6.09. The van der Waals surface area contributed by atoms with E-state index in [4.69, 9.17) is 4.42 Å². The second-order valence-electron chi connectivity index (χ2n) is 9.33. The Labute approximate surface area is 182 Å². The summed E-state index contributed by atoms with van der Waals surface area (Å²) in [4.78, 5) is 2.87. The van der Waals surface area contributed by atoms with Gasteiger partial charge in [-0.1, -0.05) is 70.0 Å². The van der Waals surface area contributed by atoms with Crippen molar-refractivity contribution in [1.29, 1.82) is 0 Å². The Kier molecular flexibility index (Phi) is 6.06. The quantitative estimate of drug-likeness (QED) is 0.442. The van der Waals surface area contributed by atoms with Crippen LogP contribution < -0.4 is 0 Å². The van der Waals surface area contributed by atoms with Crippen molar-refractivity contribution in [2.45, 2.75) is 83.8 Å². The number of fused-ring (bicyclic) bond motifs is 1. The summed E-state index contributed by atoms with van der Waals surface area (Å²) in [6, 6.07) is 15.7. The molecule has 2 aromatic rings. The van der Waals surface area contributed by atoms with E-state index in [1.54, 1.807) is 5.57 Å². The monoisotopic (exact) mass is 403 g/mol. The van der Waals surface area contributed by atoms with E-state index in [0.29, 0.717) is 6.04 Å². The molecule has 1 aliphatic heterocycles. The number of rotatable bonds is 7. The number of hydrogen-bond donors (Lipinski definition) is 0. The van der Waals surface area contributed by atoms with Crippen LogP contribution in [0.15, 0.2) is 71.4 Å². The van der Waals surface area contributed by atoms with Gasteiger partial charge >= 0.3 is 0 Å². The fraction of sp³-hybridized carbons (Fsp3) is 0.500. The second kappa shape index (κ2) is 8.59. The molecule has 1 fully saturated rings. The first-order valence-electron chi connectivity index (χ1n) is 11.8. The van der Waals surface area contributed by atoms with E-state index >= 15 is 0 Å². The van der Waals surface area contributed by atoms with E-state index in [0.717, 1.165) is 31.6 Å². The lowest BCUT2D eigenvalue weighted by molar-refractivity contribution is -0.0644. The molecule has 4 rings (SSSR count). The van der Waals surface area contributed by atoms with Crippen molar-refractivity contribution in [3.63, 3.8) is 0 Å². The van der Waals surface area contributed by atoms with Crippen molar-refractivity contribution < 1.29 is 4.42 Å². The van der Waals surface area contributed by atoms with Crippen molar-refractivity contribution >= 4 is 5.57 Å². The molecule has 0 unspecified atom stereocenters. The lowest BCUT2D eigenvalue weighted by atomic mass is 9.52. The molecule has 1 aromatic heterocycles. The number of nitrogens with zero attached hydrogens (tertiary/aromatic N) is 1. The first-order chi connectivity index (χ1) is 14.6. The molecule has 0 spiro atoms. The van der Waals surface area contributed by atoms with Gasteiger partial charge in [-0.15, -0.1) is 6.58 Å². The van der Waals surface area contributed by atoms with Gasteiger partial charge in [0, 0.05) is 29.1 Å². The van der Waals surface area contributed by atoms with Gasteiger partial charge in [0.05, 0.1) is 6.26 Å². The molecule has 1 aromatic carbocycles. The second-order valence-corrected chi connectivity index (χ2v) is 9.33. The molecular formula is C28H37NO. The van der Waals surface area contributed by atoms with Crippen molar-refractivity contribution in [3.05, 3.63) is 78.3 Å². The molecule has 2 heterocycles. The standard InChI is InChI=1S/C28H37NO/c1-5-17-28-19-12-11-18-27(28,4)26(25-16-13-20-30-25)23(6-2)24(7-3)29(28)21-22-14-9-8-10-15-22/h5,8-10,13-16,20,24H,1,6-7,11-12,17-19,21H2,2-4H3/t24-,27+,28+/m0/s1. The topological polar surface area (TPSA) is 16.4 Å². The highest BCUT2D eigenvalue weighted by atomic mass is 16.3. The van der Waals surface area contributed by atoms with Crippen molar-refractivity contribution in [1.82, 2.24) is 4.90 Å². The maximum absolute atomic E-state index is 6.09. The Morgan fingerprint density at radius 1 is 1.10 bits per heavy atom. The van der Waals surface area contributed by atoms with E-state index in [1.807, 2.05) is 12.3 Å². The minimum Gasteiger partial charge on any atom is -0.465 e. The highest BCUT2D eigenvalue weighted by Crippen LogP contribution is 2.62. The van der Waals surface area contributed by atoms with Crippen LogP contribution in [0.4, 0.5) is 0 Å². The van der Waals surface area contributed by atoms with Crippen LogP contribution in [0, 0.1) is 5.41 Å². The average molecular weight is 404 g/mol. The molecule has 2 aliphatic rings. The molecular weight excluding hydrogens is 366 g/mol. The Morgan fingerprint density at radius 2 is 1.87 bits per heavy atom. The fourth-order valence-corrected chi connectivity index (χ4v) is 6.69. The molecule has 1 aliphatic carbocycles. The van der Waals surface area contributed by atoms with Crippen molar-refractivity contribution in [3.8, 4) is 0 Å². The summed E-state index contributed by atoms with van der Waals surface area (Å²) in [5.74, 6) is 1.09. The van der Waals surface area contributed by atoms with E-state index < -0.39 is 0 Å². The van der Waals surface area contributed by atoms with Crippen molar-refractivity contribution in [2.75, 3.05) is 0 Å². The van der Waals surface area contributed by atoms with Gasteiger partial charge in [-0.05, 0) is 55.4 Å². The normalized spacial score (nSPS) is 29.6. The van der Waals surface area contributed by atoms with Crippen molar-refractivity contribution in [2.24, 2.45) is 5.41 Å². The molecule has 2 heteroatoms. The summed E-state index contributed by atoms with van der Waals surface area (Å²) in [6.07, 6.45) is 12.2. The Hall–Kier alpha value is -2.06. The van der Waals surface area contributed by atoms with E-state index in [1.165, 1.54) is 36.8 Å². The first kappa shape index (κ1) is 21.2. The lowest BCUT2D eigenvalue weighted by Gasteiger charge is -2.64. The maximum Gasteiger partial charge on any atom is 0.130 e. The summed E-state index contributed by atoms with van der Waals surface area (Å²) in [5, 5.41) is 0. The van der Waals surface area contributed by atoms with Gasteiger partial charge in [0.1, 0.15) is 5.76 Å². The largest absolute Gasteiger partial charge is 0.465 e. The first-order valence-corrected chi connectivity index (χ1v) is 11.8. The third kappa shape index (κ3) is 3.21. The number of benzene rings is 1. The summed E-state index contributed by atoms with van der Waals surface area (Å²) in [6.45, 7) is 12.4. The third-order valence-electron chi connectivity index (χ3n) is 7.96. The summed E-state index contributed by atoms with van der Waals surface area (Å²) >= 11 is 0. The smallest absolute Gasteiger partial charge is 0.130 e. The van der Waals surface area contributed by atoms with Gasteiger partial charge in [0.25, 0.3) is 0 Å². The van der Waals surface area contributed by atoms with E-state index in [2.05, 4.69) is 74.7 Å². The van der Waals surface area contributed by atoms with Crippen LogP contribution in [-0.2, 0) is 6.54 Å². The van der Waals surface area contributed by atoms with Crippen LogP contribution in [0.25, 0.3) is 5.57 Å². The van der Waals surface area contributed by atoms with E-state index in [-0.39, 0.29) is 11.0 Å². The zero-order valence-electron chi connectivity index (χ0n) is 19.0. The molecule has 30 heavy (non-hydrogen) atoms. The third-order valence-corrected chi connectivity index (χ3v) is 7.96. The van der Waals surface area contributed by atoms with Crippen LogP contribution >= 0.6 is 0 Å². The maximum atomic E-state index is 6.09. The van der Waals surface area contributed by atoms with Gasteiger partial charge in [0.2, 0.25) is 0 Å². The van der Waals surface area contributed by atoms with E-state index in [9.17, 15) is 0 Å². The van der Waals surface area contributed by atoms with Gasteiger partial charge in [-0.2, -0.15) is 0 Å². The van der Waals surface area contributed by atoms with Crippen LogP contribution in [-0.4, -0.2) is 16.5 Å². The average Bonchev–Trinajstić information content (AvgIpc) is 3.29. The van der Waals surface area contributed by atoms with Gasteiger partial charge in [0.15, 0.2) is 0 Å².